The largest absolute Gasteiger partial charge is 0.340 e. The monoisotopic (exact) mass is 286 g/mol. The Bertz CT molecular complexity index is 835. The molecule has 1 heterocycles. The summed E-state index contributed by atoms with van der Waals surface area (Å²) in [5.41, 5.74) is 6.53. The molecule has 0 saturated carbocycles. The van der Waals surface area contributed by atoms with Crippen LogP contribution in [0.1, 0.15) is 25.0 Å². The molecule has 1 aliphatic carbocycles. The van der Waals surface area contributed by atoms with Crippen molar-refractivity contribution in [1.29, 1.82) is 0 Å². The molecule has 0 atom stereocenters. The minimum atomic E-state index is 0.0354. The van der Waals surface area contributed by atoms with Gasteiger partial charge in [-0.1, -0.05) is 56.3 Å². The number of rotatable bonds is 2. The zero-order valence-corrected chi connectivity index (χ0v) is 12.8. The predicted molar refractivity (Wildman–Crippen MR) is 91.5 cm³/mol. The van der Waals surface area contributed by atoms with E-state index < -0.39 is 0 Å². The lowest BCUT2D eigenvalue weighted by atomic mass is 9.82. The molecular formula is C20H18N2. The van der Waals surface area contributed by atoms with Gasteiger partial charge in [-0.25, -0.2) is 4.98 Å². The molecule has 0 spiro atoms. The van der Waals surface area contributed by atoms with E-state index in [0.29, 0.717) is 0 Å². The fourth-order valence-corrected chi connectivity index (χ4v) is 3.43. The van der Waals surface area contributed by atoms with Crippen LogP contribution in [0.15, 0.2) is 66.9 Å². The first-order valence-corrected chi connectivity index (χ1v) is 7.59. The maximum atomic E-state index is 4.38. The molecule has 0 radical (unpaired) electrons. The first-order chi connectivity index (χ1) is 10.7. The van der Waals surface area contributed by atoms with Gasteiger partial charge in [0, 0.05) is 22.9 Å². The third-order valence-electron chi connectivity index (χ3n) is 4.54. The minimum absolute atomic E-state index is 0.0354. The van der Waals surface area contributed by atoms with Crippen LogP contribution in [0, 0.1) is 0 Å². The number of nitrogens with one attached hydrogen (secondary N) is 1. The Labute approximate surface area is 130 Å². The Morgan fingerprint density at radius 2 is 1.59 bits per heavy atom. The summed E-state index contributed by atoms with van der Waals surface area (Å²) in [6.45, 7) is 4.59. The van der Waals surface area contributed by atoms with E-state index in [-0.39, 0.29) is 5.41 Å². The van der Waals surface area contributed by atoms with Crippen molar-refractivity contribution in [3.63, 3.8) is 0 Å². The van der Waals surface area contributed by atoms with Crippen molar-refractivity contribution in [3.05, 3.63) is 78.0 Å². The van der Waals surface area contributed by atoms with Crippen LogP contribution < -0.4 is 5.32 Å². The van der Waals surface area contributed by atoms with E-state index in [4.69, 9.17) is 0 Å². The predicted octanol–water partition coefficient (Wildman–Crippen LogP) is 5.13. The highest BCUT2D eigenvalue weighted by Gasteiger charge is 2.36. The van der Waals surface area contributed by atoms with Gasteiger partial charge in [-0.05, 0) is 34.9 Å². The third kappa shape index (κ3) is 1.84. The molecule has 1 aromatic heterocycles. The van der Waals surface area contributed by atoms with Gasteiger partial charge in [0.1, 0.15) is 5.82 Å². The fraction of sp³-hybridized carbons (Fsp3) is 0.150. The van der Waals surface area contributed by atoms with Crippen LogP contribution in [0.2, 0.25) is 0 Å². The van der Waals surface area contributed by atoms with Gasteiger partial charge in [0.15, 0.2) is 0 Å². The number of nitrogens with zero attached hydrogens (tertiary/aromatic N) is 1. The summed E-state index contributed by atoms with van der Waals surface area (Å²) in [6.07, 6.45) is 1.81. The number of hydrogen-bond donors (Lipinski definition) is 1. The quantitative estimate of drug-likeness (QED) is 0.706. The van der Waals surface area contributed by atoms with Crippen LogP contribution in [0.3, 0.4) is 0 Å². The van der Waals surface area contributed by atoms with Gasteiger partial charge in [-0.3, -0.25) is 0 Å². The SMILES string of the molecule is CC1(C)c2ccccc2-c2c(Nc3ccccn3)cccc21. The van der Waals surface area contributed by atoms with Crippen molar-refractivity contribution in [3.8, 4) is 11.1 Å². The molecule has 0 aliphatic heterocycles. The lowest BCUT2D eigenvalue weighted by Crippen LogP contribution is -2.14. The second kappa shape index (κ2) is 4.70. The van der Waals surface area contributed by atoms with Crippen molar-refractivity contribution in [1.82, 2.24) is 4.98 Å². The number of anilines is 2. The maximum Gasteiger partial charge on any atom is 0.130 e. The van der Waals surface area contributed by atoms with Crippen LogP contribution in [0.5, 0.6) is 0 Å². The second-order valence-corrected chi connectivity index (χ2v) is 6.24. The first-order valence-electron chi connectivity index (χ1n) is 7.59. The van der Waals surface area contributed by atoms with Gasteiger partial charge in [-0.2, -0.15) is 0 Å². The maximum absolute atomic E-state index is 4.38. The molecule has 4 rings (SSSR count). The van der Waals surface area contributed by atoms with Crippen molar-refractivity contribution < 1.29 is 0 Å². The van der Waals surface area contributed by atoms with E-state index in [9.17, 15) is 0 Å². The Kier molecular flexibility index (Phi) is 2.80. The lowest BCUT2D eigenvalue weighted by molar-refractivity contribution is 0.660. The van der Waals surface area contributed by atoms with Crippen molar-refractivity contribution in [2.24, 2.45) is 0 Å². The summed E-state index contributed by atoms with van der Waals surface area (Å²) >= 11 is 0. The average Bonchev–Trinajstić information content (AvgIpc) is 2.78. The topological polar surface area (TPSA) is 24.9 Å². The summed E-state index contributed by atoms with van der Waals surface area (Å²) in [4.78, 5) is 4.38. The molecule has 1 aliphatic rings. The molecule has 0 fully saturated rings. The van der Waals surface area contributed by atoms with Crippen LogP contribution in [0.4, 0.5) is 11.5 Å². The number of aromatic nitrogens is 1. The highest BCUT2D eigenvalue weighted by atomic mass is 15.0. The zero-order valence-electron chi connectivity index (χ0n) is 12.8. The Morgan fingerprint density at radius 3 is 2.41 bits per heavy atom. The van der Waals surface area contributed by atoms with Crippen molar-refractivity contribution >= 4 is 11.5 Å². The molecule has 0 amide bonds. The summed E-state index contributed by atoms with van der Waals surface area (Å²) in [7, 11) is 0. The average molecular weight is 286 g/mol. The van der Waals surface area contributed by atoms with Crippen molar-refractivity contribution in [2.45, 2.75) is 19.3 Å². The number of pyridine rings is 1. The number of fused-ring (bicyclic) bond motifs is 3. The molecule has 0 bridgehead atoms. The smallest absolute Gasteiger partial charge is 0.130 e. The van der Waals surface area contributed by atoms with Gasteiger partial charge >= 0.3 is 0 Å². The second-order valence-electron chi connectivity index (χ2n) is 6.24. The number of hydrogen-bond acceptors (Lipinski definition) is 2. The van der Waals surface area contributed by atoms with E-state index in [1.807, 2.05) is 24.4 Å². The molecule has 2 heteroatoms. The first kappa shape index (κ1) is 13.1. The van der Waals surface area contributed by atoms with Crippen LogP contribution in [-0.4, -0.2) is 4.98 Å². The fourth-order valence-electron chi connectivity index (χ4n) is 3.43. The summed E-state index contributed by atoms with van der Waals surface area (Å²) < 4.78 is 0. The summed E-state index contributed by atoms with van der Waals surface area (Å²) in [6, 6.07) is 21.1. The highest BCUT2D eigenvalue weighted by molar-refractivity contribution is 5.90. The summed E-state index contributed by atoms with van der Waals surface area (Å²) in [5, 5.41) is 3.47. The molecule has 2 nitrogen and oxygen atoms in total. The lowest BCUT2D eigenvalue weighted by Gasteiger charge is -2.21. The standard InChI is InChI=1S/C20H18N2/c1-20(2)15-9-4-3-8-14(15)19-16(20)10-7-11-17(19)22-18-12-5-6-13-21-18/h3-13H,1-2H3,(H,21,22). The molecular weight excluding hydrogens is 268 g/mol. The normalized spacial score (nSPS) is 14.3. The Balaban J connectivity index is 1.91. The van der Waals surface area contributed by atoms with Gasteiger partial charge in [0.05, 0.1) is 0 Å². The molecule has 1 N–H and O–H groups in total. The Hall–Kier alpha value is -2.61. The zero-order chi connectivity index (χ0) is 15.2. The van der Waals surface area contributed by atoms with E-state index in [1.54, 1.807) is 0 Å². The van der Waals surface area contributed by atoms with E-state index in [2.05, 4.69) is 66.6 Å². The Morgan fingerprint density at radius 1 is 0.818 bits per heavy atom. The molecule has 0 saturated heterocycles. The molecule has 0 unspecified atom stereocenters. The number of benzene rings is 2. The summed E-state index contributed by atoms with van der Waals surface area (Å²) in [5.74, 6) is 0.873. The highest BCUT2D eigenvalue weighted by Crippen LogP contribution is 2.51. The van der Waals surface area contributed by atoms with Gasteiger partial charge in [-0.15, -0.1) is 0 Å². The molecule has 22 heavy (non-hydrogen) atoms. The van der Waals surface area contributed by atoms with Gasteiger partial charge in [0.25, 0.3) is 0 Å². The van der Waals surface area contributed by atoms with Crippen LogP contribution >= 0.6 is 0 Å². The van der Waals surface area contributed by atoms with Gasteiger partial charge in [0.2, 0.25) is 0 Å². The van der Waals surface area contributed by atoms with Crippen molar-refractivity contribution in [2.75, 3.05) is 5.32 Å². The van der Waals surface area contributed by atoms with Crippen LogP contribution in [-0.2, 0) is 5.41 Å². The van der Waals surface area contributed by atoms with E-state index >= 15 is 0 Å². The molecule has 2 aromatic carbocycles. The van der Waals surface area contributed by atoms with E-state index in [0.717, 1.165) is 11.5 Å². The van der Waals surface area contributed by atoms with E-state index in [1.165, 1.54) is 22.3 Å². The van der Waals surface area contributed by atoms with Gasteiger partial charge < -0.3 is 5.32 Å². The third-order valence-corrected chi connectivity index (χ3v) is 4.54. The minimum Gasteiger partial charge on any atom is -0.340 e. The van der Waals surface area contributed by atoms with Crippen LogP contribution in [0.25, 0.3) is 11.1 Å². The molecule has 3 aromatic rings. The molecule has 108 valence electrons.